The molecule has 0 aliphatic carbocycles. The average Bonchev–Trinajstić information content (AvgIpc) is 2.53. The molecule has 0 saturated heterocycles. The molecule has 23 heavy (non-hydrogen) atoms. The lowest BCUT2D eigenvalue weighted by molar-refractivity contribution is -0.121. The van der Waals surface area contributed by atoms with E-state index >= 15 is 0 Å². The van der Waals surface area contributed by atoms with E-state index in [0.717, 1.165) is 16.7 Å². The van der Waals surface area contributed by atoms with Crippen LogP contribution in [0.5, 0.6) is 0 Å². The Morgan fingerprint density at radius 3 is 2.35 bits per heavy atom. The highest BCUT2D eigenvalue weighted by atomic mass is 16.2. The van der Waals surface area contributed by atoms with Crippen LogP contribution in [0.15, 0.2) is 54.6 Å². The van der Waals surface area contributed by atoms with E-state index in [9.17, 15) is 9.59 Å². The number of aryl methyl sites for hydroxylation is 1. The third-order valence-corrected chi connectivity index (χ3v) is 3.60. The largest absolute Gasteiger partial charge is 0.352 e. The number of hydrogen-bond acceptors (Lipinski definition) is 2. The van der Waals surface area contributed by atoms with Gasteiger partial charge in [-0.15, -0.1) is 0 Å². The van der Waals surface area contributed by atoms with E-state index in [1.165, 1.54) is 0 Å². The first-order chi connectivity index (χ1) is 11.1. The Morgan fingerprint density at radius 2 is 1.70 bits per heavy atom. The van der Waals surface area contributed by atoms with Crippen molar-refractivity contribution in [3.8, 4) is 0 Å². The smallest absolute Gasteiger partial charge is 0.312 e. The van der Waals surface area contributed by atoms with Crippen LogP contribution in [0.1, 0.15) is 29.2 Å². The van der Waals surface area contributed by atoms with Crippen LogP contribution in [0.4, 0.5) is 4.79 Å². The quantitative estimate of drug-likeness (QED) is 0.765. The second kappa shape index (κ2) is 7.98. The Labute approximate surface area is 135 Å². The number of benzene rings is 2. The van der Waals surface area contributed by atoms with Crippen molar-refractivity contribution in [2.24, 2.45) is 5.73 Å². The molecule has 5 nitrogen and oxygen atoms in total. The second-order valence-corrected chi connectivity index (χ2v) is 5.38. The number of primary amides is 1. The monoisotopic (exact) mass is 311 g/mol. The summed E-state index contributed by atoms with van der Waals surface area (Å²) in [6.45, 7) is 2.39. The molecule has 3 amide bonds. The van der Waals surface area contributed by atoms with Crippen molar-refractivity contribution in [3.63, 3.8) is 0 Å². The molecule has 0 unspecified atom stereocenters. The van der Waals surface area contributed by atoms with E-state index in [1.54, 1.807) is 0 Å². The summed E-state index contributed by atoms with van der Waals surface area (Å²) in [6.07, 6.45) is 0.140. The molecule has 4 N–H and O–H groups in total. The lowest BCUT2D eigenvalue weighted by atomic mass is 9.98. The molecular formula is C18H21N3O2. The summed E-state index contributed by atoms with van der Waals surface area (Å²) in [4.78, 5) is 23.4. The van der Waals surface area contributed by atoms with Gasteiger partial charge in [-0.25, -0.2) is 4.79 Å². The van der Waals surface area contributed by atoms with E-state index < -0.39 is 12.1 Å². The van der Waals surface area contributed by atoms with Crippen LogP contribution in [0.25, 0.3) is 0 Å². The first-order valence-electron chi connectivity index (χ1n) is 7.48. The summed E-state index contributed by atoms with van der Waals surface area (Å²) in [5.41, 5.74) is 8.16. The van der Waals surface area contributed by atoms with Gasteiger partial charge in [0.25, 0.3) is 0 Å². The normalized spacial score (nSPS) is 11.5. The zero-order valence-electron chi connectivity index (χ0n) is 13.1. The third-order valence-electron chi connectivity index (χ3n) is 3.60. The van der Waals surface area contributed by atoms with Gasteiger partial charge in [0.05, 0.1) is 12.5 Å². The summed E-state index contributed by atoms with van der Waals surface area (Å²) in [6, 6.07) is 16.2. The third kappa shape index (κ3) is 5.14. The lowest BCUT2D eigenvalue weighted by Gasteiger charge is -2.19. The van der Waals surface area contributed by atoms with Gasteiger partial charge < -0.3 is 16.4 Å². The number of nitrogens with one attached hydrogen (secondary N) is 2. The van der Waals surface area contributed by atoms with E-state index in [1.807, 2.05) is 61.5 Å². The van der Waals surface area contributed by atoms with Crippen LogP contribution in [-0.2, 0) is 11.3 Å². The molecule has 0 heterocycles. The van der Waals surface area contributed by atoms with Gasteiger partial charge in [0, 0.05) is 6.54 Å². The van der Waals surface area contributed by atoms with Crippen LogP contribution in [0, 0.1) is 6.92 Å². The van der Waals surface area contributed by atoms with Crippen LogP contribution < -0.4 is 16.4 Å². The Hall–Kier alpha value is -2.82. The molecule has 1 atom stereocenters. The fraction of sp³-hybridized carbons (Fsp3) is 0.222. The minimum Gasteiger partial charge on any atom is -0.352 e. The van der Waals surface area contributed by atoms with E-state index in [2.05, 4.69) is 10.6 Å². The molecule has 0 fully saturated rings. The molecule has 120 valence electrons. The van der Waals surface area contributed by atoms with E-state index in [4.69, 9.17) is 5.73 Å². The molecule has 2 aromatic carbocycles. The van der Waals surface area contributed by atoms with Gasteiger partial charge in [0.1, 0.15) is 0 Å². The molecule has 0 radical (unpaired) electrons. The maximum absolute atomic E-state index is 12.2. The minimum atomic E-state index is -0.644. The summed E-state index contributed by atoms with van der Waals surface area (Å²) >= 11 is 0. The molecular weight excluding hydrogens is 290 g/mol. The molecule has 0 aromatic heterocycles. The molecule has 0 aliphatic heterocycles. The lowest BCUT2D eigenvalue weighted by Crippen LogP contribution is -2.36. The number of amides is 3. The first kappa shape index (κ1) is 16.5. The number of rotatable bonds is 6. The van der Waals surface area contributed by atoms with Gasteiger partial charge in [-0.1, -0.05) is 54.6 Å². The van der Waals surface area contributed by atoms with Gasteiger partial charge in [-0.3, -0.25) is 4.79 Å². The molecule has 0 aliphatic rings. The zero-order chi connectivity index (χ0) is 16.7. The molecule has 0 saturated carbocycles. The van der Waals surface area contributed by atoms with Gasteiger partial charge >= 0.3 is 6.03 Å². The maximum atomic E-state index is 12.2. The average molecular weight is 311 g/mol. The van der Waals surface area contributed by atoms with E-state index in [-0.39, 0.29) is 12.3 Å². The van der Waals surface area contributed by atoms with Crippen molar-refractivity contribution in [3.05, 3.63) is 71.3 Å². The topological polar surface area (TPSA) is 84.2 Å². The molecule has 0 spiro atoms. The summed E-state index contributed by atoms with van der Waals surface area (Å²) in [7, 11) is 0. The van der Waals surface area contributed by atoms with Crippen LogP contribution in [0.3, 0.4) is 0 Å². The van der Waals surface area contributed by atoms with Gasteiger partial charge in [-0.2, -0.15) is 0 Å². The zero-order valence-corrected chi connectivity index (χ0v) is 13.1. The van der Waals surface area contributed by atoms with Crippen molar-refractivity contribution >= 4 is 11.9 Å². The Morgan fingerprint density at radius 1 is 1.04 bits per heavy atom. The number of nitrogens with two attached hydrogens (primary N) is 1. The van der Waals surface area contributed by atoms with Crippen molar-refractivity contribution < 1.29 is 9.59 Å². The number of carbonyl (C=O) groups excluding carboxylic acids is 2. The van der Waals surface area contributed by atoms with Crippen LogP contribution in [0.2, 0.25) is 0 Å². The summed E-state index contributed by atoms with van der Waals surface area (Å²) in [5, 5.41) is 5.50. The van der Waals surface area contributed by atoms with Crippen molar-refractivity contribution in [2.75, 3.05) is 0 Å². The Balaban J connectivity index is 2.01. The summed E-state index contributed by atoms with van der Waals surface area (Å²) in [5.74, 6) is -0.143. The highest BCUT2D eigenvalue weighted by molar-refractivity contribution is 5.78. The Kier molecular flexibility index (Phi) is 5.74. The Bertz CT molecular complexity index is 671. The molecule has 2 rings (SSSR count). The molecule has 0 bridgehead atoms. The number of carbonyl (C=O) groups is 2. The fourth-order valence-corrected chi connectivity index (χ4v) is 2.44. The molecule has 5 heteroatoms. The predicted molar refractivity (Wildman–Crippen MR) is 89.5 cm³/mol. The van der Waals surface area contributed by atoms with E-state index in [0.29, 0.717) is 6.54 Å². The predicted octanol–water partition coefficient (Wildman–Crippen LogP) is 2.41. The minimum absolute atomic E-state index is 0.140. The number of urea groups is 1. The number of hydrogen-bond donors (Lipinski definition) is 3. The highest BCUT2D eigenvalue weighted by Gasteiger charge is 2.18. The first-order valence-corrected chi connectivity index (χ1v) is 7.48. The second-order valence-electron chi connectivity index (χ2n) is 5.38. The molecule has 2 aromatic rings. The fourth-order valence-electron chi connectivity index (χ4n) is 2.44. The SMILES string of the molecule is Cc1ccccc1[C@@H](CC(=O)NCc1ccccc1)NC(N)=O. The van der Waals surface area contributed by atoms with Gasteiger partial charge in [0.15, 0.2) is 0 Å². The van der Waals surface area contributed by atoms with Gasteiger partial charge in [-0.05, 0) is 23.6 Å². The highest BCUT2D eigenvalue weighted by Crippen LogP contribution is 2.20. The van der Waals surface area contributed by atoms with Crippen LogP contribution >= 0.6 is 0 Å². The summed E-state index contributed by atoms with van der Waals surface area (Å²) < 4.78 is 0. The van der Waals surface area contributed by atoms with Crippen LogP contribution in [-0.4, -0.2) is 11.9 Å². The van der Waals surface area contributed by atoms with Crippen molar-refractivity contribution in [2.45, 2.75) is 25.9 Å². The van der Waals surface area contributed by atoms with Crippen molar-refractivity contribution in [1.82, 2.24) is 10.6 Å². The van der Waals surface area contributed by atoms with Crippen molar-refractivity contribution in [1.29, 1.82) is 0 Å². The standard InChI is InChI=1S/C18H21N3O2/c1-13-7-5-6-10-15(13)16(21-18(19)23)11-17(22)20-12-14-8-3-2-4-9-14/h2-10,16H,11-12H2,1H3,(H,20,22)(H3,19,21,23)/t16-/m1/s1. The maximum Gasteiger partial charge on any atom is 0.312 e. The van der Waals surface area contributed by atoms with Gasteiger partial charge in [0.2, 0.25) is 5.91 Å².